The first-order valence-electron chi connectivity index (χ1n) is 5.32. The van der Waals surface area contributed by atoms with E-state index in [1.807, 2.05) is 37.7 Å². The van der Waals surface area contributed by atoms with E-state index in [0.717, 1.165) is 39.9 Å². The van der Waals surface area contributed by atoms with Crippen LogP contribution in [0.25, 0.3) is 0 Å². The van der Waals surface area contributed by atoms with Gasteiger partial charge in [0.05, 0.1) is 6.61 Å². The quantitative estimate of drug-likeness (QED) is 0.798. The van der Waals surface area contributed by atoms with Gasteiger partial charge >= 0.3 is 0 Å². The first-order valence-corrected chi connectivity index (χ1v) is 6.85. The molecule has 0 amide bonds. The maximum atomic E-state index is 6.08. The van der Waals surface area contributed by atoms with Crippen LogP contribution in [0.3, 0.4) is 0 Å². The van der Waals surface area contributed by atoms with Crippen molar-refractivity contribution in [1.82, 2.24) is 0 Å². The average molecular weight is 260 g/mol. The Bertz CT molecular complexity index is 321. The predicted octanol–water partition coefficient (Wildman–Crippen LogP) is 3.03. The lowest BCUT2D eigenvalue weighted by Crippen LogP contribution is -2.05. The van der Waals surface area contributed by atoms with Gasteiger partial charge in [-0.25, -0.2) is 0 Å². The normalized spacial score (nSPS) is 10.5. The number of benzene rings is 1. The van der Waals surface area contributed by atoms with E-state index in [2.05, 4.69) is 0 Å². The van der Waals surface area contributed by atoms with Crippen molar-refractivity contribution in [3.8, 4) is 5.75 Å². The van der Waals surface area contributed by atoms with Gasteiger partial charge < -0.3 is 10.5 Å². The standard InChI is InChI=1S/C12H18ClNOS/c1-9-7-11(8-10(2)12(9)13)15-4-6-16-5-3-14/h7-8H,3-6,14H2,1-2H3. The molecule has 0 saturated heterocycles. The maximum Gasteiger partial charge on any atom is 0.119 e. The molecule has 0 bridgehead atoms. The van der Waals surface area contributed by atoms with Crippen LogP contribution < -0.4 is 10.5 Å². The summed E-state index contributed by atoms with van der Waals surface area (Å²) >= 11 is 7.89. The molecule has 0 heterocycles. The van der Waals surface area contributed by atoms with Crippen LogP contribution in [-0.4, -0.2) is 24.7 Å². The van der Waals surface area contributed by atoms with Gasteiger partial charge in [0.2, 0.25) is 0 Å². The summed E-state index contributed by atoms with van der Waals surface area (Å²) in [6.07, 6.45) is 0. The van der Waals surface area contributed by atoms with E-state index in [0.29, 0.717) is 6.61 Å². The molecule has 0 saturated carbocycles. The number of nitrogens with two attached hydrogens (primary N) is 1. The summed E-state index contributed by atoms with van der Waals surface area (Å²) in [5.41, 5.74) is 7.52. The molecule has 2 N–H and O–H groups in total. The summed E-state index contributed by atoms with van der Waals surface area (Å²) in [6.45, 7) is 5.42. The Morgan fingerprint density at radius 2 is 1.88 bits per heavy atom. The Morgan fingerprint density at radius 1 is 1.25 bits per heavy atom. The molecule has 0 unspecified atom stereocenters. The van der Waals surface area contributed by atoms with Crippen LogP contribution in [0.15, 0.2) is 12.1 Å². The zero-order chi connectivity index (χ0) is 12.0. The van der Waals surface area contributed by atoms with Crippen molar-refractivity contribution in [3.63, 3.8) is 0 Å². The highest BCUT2D eigenvalue weighted by Crippen LogP contribution is 2.25. The highest BCUT2D eigenvalue weighted by Gasteiger charge is 2.03. The third kappa shape index (κ3) is 4.24. The molecule has 0 aliphatic carbocycles. The summed E-state index contributed by atoms with van der Waals surface area (Å²) in [7, 11) is 0. The lowest BCUT2D eigenvalue weighted by atomic mass is 10.1. The van der Waals surface area contributed by atoms with Crippen molar-refractivity contribution in [2.24, 2.45) is 5.73 Å². The first-order chi connectivity index (χ1) is 7.65. The topological polar surface area (TPSA) is 35.2 Å². The predicted molar refractivity (Wildman–Crippen MR) is 72.8 cm³/mol. The summed E-state index contributed by atoms with van der Waals surface area (Å²) in [5.74, 6) is 2.85. The molecule has 16 heavy (non-hydrogen) atoms. The van der Waals surface area contributed by atoms with Crippen molar-refractivity contribution in [1.29, 1.82) is 0 Å². The minimum atomic E-state index is 0.713. The van der Waals surface area contributed by atoms with Gasteiger partial charge in [-0.3, -0.25) is 0 Å². The fourth-order valence-corrected chi connectivity index (χ4v) is 2.07. The van der Waals surface area contributed by atoms with Gasteiger partial charge in [0.1, 0.15) is 5.75 Å². The van der Waals surface area contributed by atoms with Crippen LogP contribution in [0.1, 0.15) is 11.1 Å². The fourth-order valence-electron chi connectivity index (χ4n) is 1.39. The number of hydrogen-bond acceptors (Lipinski definition) is 3. The Hall–Kier alpha value is -0.380. The van der Waals surface area contributed by atoms with E-state index in [1.54, 1.807) is 0 Å². The van der Waals surface area contributed by atoms with Crippen molar-refractivity contribution in [2.75, 3.05) is 24.7 Å². The molecule has 4 heteroatoms. The van der Waals surface area contributed by atoms with Crippen LogP contribution >= 0.6 is 23.4 Å². The maximum absolute atomic E-state index is 6.08. The highest BCUT2D eigenvalue weighted by atomic mass is 35.5. The first kappa shape index (κ1) is 13.7. The molecule has 0 aromatic heterocycles. The van der Waals surface area contributed by atoms with E-state index < -0.39 is 0 Å². The molecule has 1 rings (SSSR count). The molecule has 0 aliphatic rings. The Labute approximate surface area is 107 Å². The van der Waals surface area contributed by atoms with Gasteiger partial charge in [-0.05, 0) is 37.1 Å². The third-order valence-corrected chi connectivity index (χ3v) is 3.74. The van der Waals surface area contributed by atoms with Gasteiger partial charge in [0.15, 0.2) is 0 Å². The zero-order valence-electron chi connectivity index (χ0n) is 9.75. The average Bonchev–Trinajstić information content (AvgIpc) is 2.25. The minimum Gasteiger partial charge on any atom is -0.493 e. The van der Waals surface area contributed by atoms with Crippen LogP contribution in [0, 0.1) is 13.8 Å². The van der Waals surface area contributed by atoms with Gasteiger partial charge in [-0.1, -0.05) is 11.6 Å². The lowest BCUT2D eigenvalue weighted by molar-refractivity contribution is 0.343. The Balaban J connectivity index is 2.43. The molecule has 0 spiro atoms. The molecule has 1 aromatic rings. The van der Waals surface area contributed by atoms with E-state index in [4.69, 9.17) is 22.1 Å². The molecule has 2 nitrogen and oxygen atoms in total. The Morgan fingerprint density at radius 3 is 2.44 bits per heavy atom. The lowest BCUT2D eigenvalue weighted by Gasteiger charge is -2.09. The van der Waals surface area contributed by atoms with E-state index in [1.165, 1.54) is 0 Å². The van der Waals surface area contributed by atoms with Gasteiger partial charge in [-0.2, -0.15) is 11.8 Å². The summed E-state index contributed by atoms with van der Waals surface area (Å²) < 4.78 is 5.65. The zero-order valence-corrected chi connectivity index (χ0v) is 11.3. The number of ether oxygens (including phenoxy) is 1. The fraction of sp³-hybridized carbons (Fsp3) is 0.500. The number of hydrogen-bond donors (Lipinski definition) is 1. The number of thioether (sulfide) groups is 1. The Kier molecular flexibility index (Phi) is 6.03. The summed E-state index contributed by atoms with van der Waals surface area (Å²) in [4.78, 5) is 0. The van der Waals surface area contributed by atoms with Crippen molar-refractivity contribution in [3.05, 3.63) is 28.3 Å². The van der Waals surface area contributed by atoms with Gasteiger partial charge in [-0.15, -0.1) is 0 Å². The molecular weight excluding hydrogens is 242 g/mol. The summed E-state index contributed by atoms with van der Waals surface area (Å²) in [5, 5.41) is 0.824. The second-order valence-corrected chi connectivity index (χ2v) is 5.22. The molecule has 1 aromatic carbocycles. The smallest absolute Gasteiger partial charge is 0.119 e. The van der Waals surface area contributed by atoms with Crippen molar-refractivity contribution in [2.45, 2.75) is 13.8 Å². The monoisotopic (exact) mass is 259 g/mol. The second-order valence-electron chi connectivity index (χ2n) is 3.62. The number of halogens is 1. The third-order valence-electron chi connectivity index (χ3n) is 2.17. The van der Waals surface area contributed by atoms with E-state index >= 15 is 0 Å². The van der Waals surface area contributed by atoms with Crippen LogP contribution in [0.2, 0.25) is 5.02 Å². The molecule has 0 radical (unpaired) electrons. The van der Waals surface area contributed by atoms with Gasteiger partial charge in [0.25, 0.3) is 0 Å². The number of aryl methyl sites for hydroxylation is 2. The second kappa shape index (κ2) is 7.05. The minimum absolute atomic E-state index is 0.713. The van der Waals surface area contributed by atoms with Crippen LogP contribution in [0.5, 0.6) is 5.75 Å². The molecule has 0 aliphatic heterocycles. The van der Waals surface area contributed by atoms with E-state index in [-0.39, 0.29) is 0 Å². The molecule has 90 valence electrons. The molecule has 0 atom stereocenters. The molecule has 0 fully saturated rings. The highest BCUT2D eigenvalue weighted by molar-refractivity contribution is 7.99. The molecular formula is C12H18ClNOS. The SMILES string of the molecule is Cc1cc(OCCSCCN)cc(C)c1Cl. The largest absolute Gasteiger partial charge is 0.493 e. The number of rotatable bonds is 6. The summed E-state index contributed by atoms with van der Waals surface area (Å²) in [6, 6.07) is 3.95. The van der Waals surface area contributed by atoms with Crippen LogP contribution in [-0.2, 0) is 0 Å². The van der Waals surface area contributed by atoms with Gasteiger partial charge in [0, 0.05) is 23.1 Å². The van der Waals surface area contributed by atoms with Crippen molar-refractivity contribution >= 4 is 23.4 Å². The van der Waals surface area contributed by atoms with Crippen molar-refractivity contribution < 1.29 is 4.74 Å². The van der Waals surface area contributed by atoms with E-state index in [9.17, 15) is 0 Å². The van der Waals surface area contributed by atoms with Crippen LogP contribution in [0.4, 0.5) is 0 Å².